The van der Waals surface area contributed by atoms with E-state index in [1.165, 1.54) is 29.9 Å². The van der Waals surface area contributed by atoms with E-state index in [4.69, 9.17) is 9.72 Å². The number of piperidine rings is 1. The molecular formula is C23H23N3O2S. The van der Waals surface area contributed by atoms with Crippen molar-refractivity contribution in [3.8, 4) is 17.0 Å². The van der Waals surface area contributed by atoms with E-state index < -0.39 is 5.60 Å². The molecule has 0 unspecified atom stereocenters. The van der Waals surface area contributed by atoms with Crippen molar-refractivity contribution in [1.82, 2.24) is 14.5 Å². The molecule has 4 heterocycles. The molecule has 2 aliphatic heterocycles. The van der Waals surface area contributed by atoms with Gasteiger partial charge in [0.05, 0.1) is 22.6 Å². The fourth-order valence-electron chi connectivity index (χ4n) is 4.75. The lowest BCUT2D eigenvalue weighted by atomic mass is 9.83. The molecular weight excluding hydrogens is 382 g/mol. The number of imidazole rings is 1. The number of likely N-dealkylation sites (tertiary alicyclic amines) is 1. The summed E-state index contributed by atoms with van der Waals surface area (Å²) in [5.74, 6) is 1.82. The molecule has 1 spiro atoms. The van der Waals surface area contributed by atoms with Crippen LogP contribution in [-0.4, -0.2) is 33.4 Å². The van der Waals surface area contributed by atoms with E-state index in [9.17, 15) is 4.79 Å². The predicted octanol–water partition coefficient (Wildman–Crippen LogP) is 4.55. The molecule has 0 atom stereocenters. The normalized spacial score (nSPS) is 19.5. The summed E-state index contributed by atoms with van der Waals surface area (Å²) in [6, 6.07) is 12.1. The van der Waals surface area contributed by atoms with Crippen LogP contribution in [-0.2, 0) is 12.1 Å². The molecule has 6 rings (SSSR count). The van der Waals surface area contributed by atoms with Crippen molar-refractivity contribution < 1.29 is 9.53 Å². The Morgan fingerprint density at radius 1 is 1.17 bits per heavy atom. The Hall–Kier alpha value is -2.60. The highest BCUT2D eigenvalue weighted by Gasteiger charge is 2.47. The van der Waals surface area contributed by atoms with Gasteiger partial charge in [0.1, 0.15) is 5.75 Å². The van der Waals surface area contributed by atoms with Crippen molar-refractivity contribution in [2.45, 2.75) is 37.8 Å². The monoisotopic (exact) mass is 405 g/mol. The Balaban J connectivity index is 1.35. The van der Waals surface area contributed by atoms with Crippen LogP contribution in [0.25, 0.3) is 11.3 Å². The summed E-state index contributed by atoms with van der Waals surface area (Å²) in [5.41, 5.74) is 2.96. The Kier molecular flexibility index (Phi) is 3.85. The van der Waals surface area contributed by atoms with E-state index in [1.54, 1.807) is 0 Å². The van der Waals surface area contributed by atoms with E-state index in [0.29, 0.717) is 13.1 Å². The first kappa shape index (κ1) is 17.3. The maximum Gasteiger partial charge on any atom is 0.263 e. The molecule has 1 aromatic carbocycles. The molecule has 1 saturated carbocycles. The lowest BCUT2D eigenvalue weighted by molar-refractivity contribution is -0.00730. The Morgan fingerprint density at radius 3 is 2.76 bits per heavy atom. The van der Waals surface area contributed by atoms with Gasteiger partial charge in [-0.1, -0.05) is 18.2 Å². The summed E-state index contributed by atoms with van der Waals surface area (Å²) in [6.07, 6.45) is 6.20. The summed E-state index contributed by atoms with van der Waals surface area (Å²) in [5, 5.41) is 1.96. The second-order valence-corrected chi connectivity index (χ2v) is 9.35. The number of fused-ring (bicyclic) bond motifs is 4. The van der Waals surface area contributed by atoms with Crippen LogP contribution in [0, 0.1) is 5.92 Å². The van der Waals surface area contributed by atoms with Crippen LogP contribution in [0.15, 0.2) is 48.1 Å². The molecule has 1 amide bonds. The third kappa shape index (κ3) is 2.81. The number of amides is 1. The minimum absolute atomic E-state index is 0.137. The van der Waals surface area contributed by atoms with Crippen molar-refractivity contribution in [2.75, 3.05) is 13.1 Å². The summed E-state index contributed by atoms with van der Waals surface area (Å²) >= 11 is 1.51. The SMILES string of the molecule is O=C(c1cccs1)N1CCC2(CC1)Oc1ccccc1-c1ncn(CC3CC3)c12. The molecule has 1 saturated heterocycles. The van der Waals surface area contributed by atoms with Gasteiger partial charge in [0, 0.05) is 38.0 Å². The zero-order valence-corrected chi connectivity index (χ0v) is 17.0. The van der Waals surface area contributed by atoms with Gasteiger partial charge in [0.15, 0.2) is 5.60 Å². The number of rotatable bonds is 3. The van der Waals surface area contributed by atoms with Crippen molar-refractivity contribution in [3.63, 3.8) is 0 Å². The summed E-state index contributed by atoms with van der Waals surface area (Å²) in [4.78, 5) is 20.4. The van der Waals surface area contributed by atoms with Gasteiger partial charge in [0.25, 0.3) is 5.91 Å². The number of nitrogens with zero attached hydrogens (tertiary/aromatic N) is 3. The van der Waals surface area contributed by atoms with E-state index in [1.807, 2.05) is 46.9 Å². The lowest BCUT2D eigenvalue weighted by Crippen LogP contribution is -2.49. The number of thiophene rings is 1. The largest absolute Gasteiger partial charge is 0.480 e. The van der Waals surface area contributed by atoms with Crippen LogP contribution in [0.5, 0.6) is 5.75 Å². The van der Waals surface area contributed by atoms with Gasteiger partial charge < -0.3 is 14.2 Å². The Labute approximate surface area is 173 Å². The summed E-state index contributed by atoms with van der Waals surface area (Å²) in [7, 11) is 0. The van der Waals surface area contributed by atoms with E-state index in [0.717, 1.165) is 47.2 Å². The van der Waals surface area contributed by atoms with Gasteiger partial charge in [0.2, 0.25) is 0 Å². The van der Waals surface area contributed by atoms with Gasteiger partial charge in [-0.25, -0.2) is 4.98 Å². The fourth-order valence-corrected chi connectivity index (χ4v) is 5.44. The predicted molar refractivity (Wildman–Crippen MR) is 112 cm³/mol. The first-order valence-corrected chi connectivity index (χ1v) is 11.3. The van der Waals surface area contributed by atoms with Crippen molar-refractivity contribution in [1.29, 1.82) is 0 Å². The second-order valence-electron chi connectivity index (χ2n) is 8.40. The smallest absolute Gasteiger partial charge is 0.263 e. The first-order chi connectivity index (χ1) is 14.2. The maximum absolute atomic E-state index is 12.8. The molecule has 6 heteroatoms. The minimum atomic E-state index is -0.401. The van der Waals surface area contributed by atoms with Gasteiger partial charge >= 0.3 is 0 Å². The molecule has 3 aromatic rings. The Bertz CT molecular complexity index is 1060. The zero-order chi connectivity index (χ0) is 19.4. The van der Waals surface area contributed by atoms with Gasteiger partial charge in [-0.15, -0.1) is 11.3 Å². The van der Waals surface area contributed by atoms with Crippen LogP contribution < -0.4 is 4.74 Å². The molecule has 0 N–H and O–H groups in total. The number of ether oxygens (including phenoxy) is 1. The lowest BCUT2D eigenvalue weighted by Gasteiger charge is -2.44. The third-order valence-electron chi connectivity index (χ3n) is 6.46. The number of hydrogen-bond acceptors (Lipinski definition) is 4. The van der Waals surface area contributed by atoms with Crippen LogP contribution in [0.3, 0.4) is 0 Å². The van der Waals surface area contributed by atoms with Gasteiger partial charge in [-0.05, 0) is 42.3 Å². The molecule has 29 heavy (non-hydrogen) atoms. The molecule has 148 valence electrons. The second kappa shape index (κ2) is 6.46. The highest BCUT2D eigenvalue weighted by molar-refractivity contribution is 7.12. The zero-order valence-electron chi connectivity index (χ0n) is 16.2. The highest BCUT2D eigenvalue weighted by Crippen LogP contribution is 2.49. The molecule has 1 aliphatic carbocycles. The highest BCUT2D eigenvalue weighted by atomic mass is 32.1. The molecule has 0 radical (unpaired) electrons. The summed E-state index contributed by atoms with van der Waals surface area (Å²) in [6.45, 7) is 2.42. The fraction of sp³-hybridized carbons (Fsp3) is 0.391. The van der Waals surface area contributed by atoms with Crippen LogP contribution in [0.2, 0.25) is 0 Å². The van der Waals surface area contributed by atoms with Gasteiger partial charge in [-0.3, -0.25) is 4.79 Å². The van der Waals surface area contributed by atoms with E-state index >= 15 is 0 Å². The Morgan fingerprint density at radius 2 is 2.00 bits per heavy atom. The molecule has 5 nitrogen and oxygen atoms in total. The summed E-state index contributed by atoms with van der Waals surface area (Å²) < 4.78 is 9.04. The van der Waals surface area contributed by atoms with E-state index in [-0.39, 0.29) is 5.91 Å². The standard InChI is InChI=1S/C23H23N3O2S/c27-22(19-6-3-13-29-19)25-11-9-23(10-12-25)21-20(17-4-1-2-5-18(17)28-23)24-15-26(21)14-16-7-8-16/h1-6,13,15-16H,7-12,14H2. The first-order valence-electron chi connectivity index (χ1n) is 10.4. The van der Waals surface area contributed by atoms with Crippen LogP contribution >= 0.6 is 11.3 Å². The number of benzene rings is 1. The van der Waals surface area contributed by atoms with Crippen LogP contribution in [0.4, 0.5) is 0 Å². The maximum atomic E-state index is 12.8. The van der Waals surface area contributed by atoms with E-state index in [2.05, 4.69) is 10.6 Å². The van der Waals surface area contributed by atoms with Crippen LogP contribution in [0.1, 0.15) is 41.0 Å². The average molecular weight is 406 g/mol. The van der Waals surface area contributed by atoms with Gasteiger partial charge in [-0.2, -0.15) is 0 Å². The molecule has 3 aliphatic rings. The number of hydrogen-bond donors (Lipinski definition) is 0. The third-order valence-corrected chi connectivity index (χ3v) is 7.32. The quantitative estimate of drug-likeness (QED) is 0.642. The topological polar surface area (TPSA) is 47.4 Å². The van der Waals surface area contributed by atoms with Crippen molar-refractivity contribution in [2.24, 2.45) is 5.92 Å². The number of para-hydroxylation sites is 1. The molecule has 2 fully saturated rings. The number of carbonyl (C=O) groups excluding carboxylic acids is 1. The van der Waals surface area contributed by atoms with Crippen molar-refractivity contribution >= 4 is 17.2 Å². The van der Waals surface area contributed by atoms with Crippen molar-refractivity contribution in [3.05, 3.63) is 58.7 Å². The number of aromatic nitrogens is 2. The molecule has 2 aromatic heterocycles. The minimum Gasteiger partial charge on any atom is -0.480 e. The molecule has 0 bridgehead atoms. The average Bonchev–Trinajstić information content (AvgIpc) is 3.22. The number of carbonyl (C=O) groups is 1.